The summed E-state index contributed by atoms with van der Waals surface area (Å²) in [5.41, 5.74) is 8.25. The normalized spacial score (nSPS) is 10.9. The maximum atomic E-state index is 5.77. The fourth-order valence-electron chi connectivity index (χ4n) is 2.20. The highest BCUT2D eigenvalue weighted by Gasteiger charge is 2.09. The molecule has 20 heavy (non-hydrogen) atoms. The number of benzene rings is 1. The fraction of sp³-hybridized carbons (Fsp3) is 0.200. The van der Waals surface area contributed by atoms with Gasteiger partial charge in [0.1, 0.15) is 10.6 Å². The van der Waals surface area contributed by atoms with Gasteiger partial charge in [-0.15, -0.1) is 11.3 Å². The molecule has 0 saturated carbocycles. The van der Waals surface area contributed by atoms with Gasteiger partial charge in [0.15, 0.2) is 0 Å². The molecule has 4 nitrogen and oxygen atoms in total. The average molecular weight is 284 g/mol. The lowest BCUT2D eigenvalue weighted by Gasteiger charge is -2.08. The zero-order chi connectivity index (χ0) is 14.1. The Morgan fingerprint density at radius 2 is 2.05 bits per heavy atom. The second-order valence-corrected chi connectivity index (χ2v) is 6.08. The van der Waals surface area contributed by atoms with Gasteiger partial charge in [-0.3, -0.25) is 0 Å². The summed E-state index contributed by atoms with van der Waals surface area (Å²) in [6.45, 7) is 4.88. The minimum absolute atomic E-state index is 0.311. The smallest absolute Gasteiger partial charge is 0.223 e. The highest BCUT2D eigenvalue weighted by molar-refractivity contribution is 7.18. The van der Waals surface area contributed by atoms with Crippen LogP contribution < -0.4 is 11.1 Å². The molecule has 1 aromatic carbocycles. The molecule has 0 aliphatic rings. The van der Waals surface area contributed by atoms with Crippen molar-refractivity contribution in [2.75, 3.05) is 11.1 Å². The Morgan fingerprint density at radius 3 is 2.85 bits per heavy atom. The van der Waals surface area contributed by atoms with Crippen LogP contribution in [0.3, 0.4) is 0 Å². The fourth-order valence-corrected chi connectivity index (χ4v) is 3.09. The van der Waals surface area contributed by atoms with Crippen LogP contribution in [0.15, 0.2) is 30.3 Å². The first-order chi connectivity index (χ1) is 9.61. The standard InChI is InChI=1S/C15H16N4S/c1-9-4-3-5-11(6-9)8-17-13-12-7-10(2)20-14(12)19-15(16)18-13/h3-7H,8H2,1-2H3,(H3,16,17,18,19). The van der Waals surface area contributed by atoms with Crippen molar-refractivity contribution in [3.8, 4) is 0 Å². The number of aryl methyl sites for hydroxylation is 2. The second-order valence-electron chi connectivity index (χ2n) is 4.85. The Bertz CT molecular complexity index is 764. The van der Waals surface area contributed by atoms with Crippen molar-refractivity contribution in [2.24, 2.45) is 0 Å². The third-order valence-corrected chi connectivity index (χ3v) is 4.02. The number of nitrogens with one attached hydrogen (secondary N) is 1. The molecule has 0 radical (unpaired) electrons. The number of hydrogen-bond acceptors (Lipinski definition) is 5. The van der Waals surface area contributed by atoms with E-state index in [0.29, 0.717) is 5.95 Å². The molecule has 5 heteroatoms. The summed E-state index contributed by atoms with van der Waals surface area (Å²) in [5, 5.41) is 4.40. The summed E-state index contributed by atoms with van der Waals surface area (Å²) in [6.07, 6.45) is 0. The topological polar surface area (TPSA) is 63.8 Å². The average Bonchev–Trinajstić information content (AvgIpc) is 2.76. The first-order valence-corrected chi connectivity index (χ1v) is 7.26. The van der Waals surface area contributed by atoms with Gasteiger partial charge in [-0.25, -0.2) is 4.98 Å². The first kappa shape index (κ1) is 12.9. The molecule has 2 aromatic heterocycles. The highest BCUT2D eigenvalue weighted by atomic mass is 32.1. The van der Waals surface area contributed by atoms with Crippen molar-refractivity contribution in [1.82, 2.24) is 9.97 Å². The van der Waals surface area contributed by atoms with Crippen LogP contribution >= 0.6 is 11.3 Å². The van der Waals surface area contributed by atoms with Gasteiger partial charge in [0.25, 0.3) is 0 Å². The minimum Gasteiger partial charge on any atom is -0.368 e. The van der Waals surface area contributed by atoms with Crippen molar-refractivity contribution >= 4 is 33.3 Å². The molecule has 3 rings (SSSR count). The second kappa shape index (κ2) is 5.09. The largest absolute Gasteiger partial charge is 0.368 e. The summed E-state index contributed by atoms with van der Waals surface area (Å²) in [5.74, 6) is 1.12. The molecule has 2 heterocycles. The Morgan fingerprint density at radius 1 is 1.20 bits per heavy atom. The number of hydrogen-bond donors (Lipinski definition) is 2. The summed E-state index contributed by atoms with van der Waals surface area (Å²) in [6, 6.07) is 10.5. The van der Waals surface area contributed by atoms with Gasteiger partial charge in [0.05, 0.1) is 5.39 Å². The third-order valence-electron chi connectivity index (χ3n) is 3.08. The number of nitrogens with two attached hydrogens (primary N) is 1. The molecule has 0 atom stereocenters. The molecular formula is C15H16N4S. The monoisotopic (exact) mass is 284 g/mol. The van der Waals surface area contributed by atoms with Crippen LogP contribution in [0.25, 0.3) is 10.2 Å². The van der Waals surface area contributed by atoms with Gasteiger partial charge in [0, 0.05) is 11.4 Å². The van der Waals surface area contributed by atoms with Crippen LogP contribution in [0.2, 0.25) is 0 Å². The molecule has 102 valence electrons. The molecule has 0 aliphatic carbocycles. The maximum Gasteiger partial charge on any atom is 0.223 e. The van der Waals surface area contributed by atoms with Gasteiger partial charge in [-0.2, -0.15) is 4.98 Å². The number of fused-ring (bicyclic) bond motifs is 1. The minimum atomic E-state index is 0.311. The Kier molecular flexibility index (Phi) is 3.28. The van der Waals surface area contributed by atoms with E-state index >= 15 is 0 Å². The number of rotatable bonds is 3. The van der Waals surface area contributed by atoms with Gasteiger partial charge in [-0.1, -0.05) is 29.8 Å². The van der Waals surface area contributed by atoms with E-state index in [0.717, 1.165) is 22.6 Å². The lowest BCUT2D eigenvalue weighted by molar-refractivity contribution is 1.11. The van der Waals surface area contributed by atoms with Crippen LogP contribution in [0, 0.1) is 13.8 Å². The molecule has 3 aromatic rings. The van der Waals surface area contributed by atoms with Crippen LogP contribution in [-0.4, -0.2) is 9.97 Å². The number of nitrogens with zero attached hydrogens (tertiary/aromatic N) is 2. The van der Waals surface area contributed by atoms with Crippen LogP contribution in [0.1, 0.15) is 16.0 Å². The summed E-state index contributed by atoms with van der Waals surface area (Å²) in [7, 11) is 0. The van der Waals surface area contributed by atoms with E-state index in [1.165, 1.54) is 16.0 Å². The molecule has 0 bridgehead atoms. The zero-order valence-corrected chi connectivity index (χ0v) is 12.3. The number of aromatic nitrogens is 2. The van der Waals surface area contributed by atoms with Crippen molar-refractivity contribution in [3.05, 3.63) is 46.3 Å². The van der Waals surface area contributed by atoms with Gasteiger partial charge < -0.3 is 11.1 Å². The van der Waals surface area contributed by atoms with Crippen molar-refractivity contribution in [2.45, 2.75) is 20.4 Å². The van der Waals surface area contributed by atoms with Gasteiger partial charge >= 0.3 is 0 Å². The number of thiophene rings is 1. The van der Waals surface area contributed by atoms with E-state index < -0.39 is 0 Å². The first-order valence-electron chi connectivity index (χ1n) is 6.45. The van der Waals surface area contributed by atoms with E-state index in [9.17, 15) is 0 Å². The Labute approximate surface area is 121 Å². The maximum absolute atomic E-state index is 5.77. The lowest BCUT2D eigenvalue weighted by atomic mass is 10.1. The quantitative estimate of drug-likeness (QED) is 0.772. The molecular weight excluding hydrogens is 268 g/mol. The van der Waals surface area contributed by atoms with E-state index in [4.69, 9.17) is 5.73 Å². The van der Waals surface area contributed by atoms with E-state index in [1.807, 2.05) is 0 Å². The summed E-state index contributed by atoms with van der Waals surface area (Å²) in [4.78, 5) is 10.7. The summed E-state index contributed by atoms with van der Waals surface area (Å²) < 4.78 is 0. The Balaban J connectivity index is 1.90. The van der Waals surface area contributed by atoms with Crippen molar-refractivity contribution in [1.29, 1.82) is 0 Å². The van der Waals surface area contributed by atoms with Gasteiger partial charge in [0.2, 0.25) is 5.95 Å². The van der Waals surface area contributed by atoms with Gasteiger partial charge in [-0.05, 0) is 25.5 Å². The molecule has 0 unspecified atom stereocenters. The molecule has 0 aliphatic heterocycles. The van der Waals surface area contributed by atoms with E-state index in [2.05, 4.69) is 59.5 Å². The molecule has 0 saturated heterocycles. The number of anilines is 2. The Hall–Kier alpha value is -2.14. The van der Waals surface area contributed by atoms with E-state index in [1.54, 1.807) is 11.3 Å². The SMILES string of the molecule is Cc1cccc(CNc2nc(N)nc3sc(C)cc23)c1. The molecule has 0 fully saturated rings. The summed E-state index contributed by atoms with van der Waals surface area (Å²) >= 11 is 1.63. The van der Waals surface area contributed by atoms with Crippen molar-refractivity contribution in [3.63, 3.8) is 0 Å². The van der Waals surface area contributed by atoms with Crippen LogP contribution in [-0.2, 0) is 6.54 Å². The molecule has 0 amide bonds. The molecule has 0 spiro atoms. The van der Waals surface area contributed by atoms with Crippen molar-refractivity contribution < 1.29 is 0 Å². The van der Waals surface area contributed by atoms with E-state index in [-0.39, 0.29) is 0 Å². The van der Waals surface area contributed by atoms with Crippen LogP contribution in [0.5, 0.6) is 0 Å². The predicted octanol–water partition coefficient (Wildman–Crippen LogP) is 3.50. The number of nitrogen functional groups attached to an aromatic ring is 1. The third kappa shape index (κ3) is 2.58. The lowest BCUT2D eigenvalue weighted by Crippen LogP contribution is -2.04. The zero-order valence-electron chi connectivity index (χ0n) is 11.5. The molecule has 3 N–H and O–H groups in total. The highest BCUT2D eigenvalue weighted by Crippen LogP contribution is 2.29. The predicted molar refractivity (Wildman–Crippen MR) is 85.1 cm³/mol. The van der Waals surface area contributed by atoms with Crippen LogP contribution in [0.4, 0.5) is 11.8 Å².